The van der Waals surface area contributed by atoms with Crippen molar-refractivity contribution in [3.63, 3.8) is 0 Å². The Bertz CT molecular complexity index is 460. The van der Waals surface area contributed by atoms with E-state index in [1.54, 1.807) is 0 Å². The fourth-order valence-electron chi connectivity index (χ4n) is 1.81. The number of nitro groups is 1. The number of hydrogen-bond donors (Lipinski definition) is 0. The Kier molecular flexibility index (Phi) is 3.56. The summed E-state index contributed by atoms with van der Waals surface area (Å²) in [6.07, 6.45) is 1.96. The second kappa shape index (κ2) is 4.83. The zero-order valence-corrected chi connectivity index (χ0v) is 10.9. The lowest BCUT2D eigenvalue weighted by atomic mass is 10.2. The van der Waals surface area contributed by atoms with Crippen LogP contribution in [0, 0.1) is 10.1 Å². The van der Waals surface area contributed by atoms with Crippen LogP contribution in [0.15, 0.2) is 6.20 Å². The number of ether oxygens (including phenoxy) is 2. The van der Waals surface area contributed by atoms with Crippen LogP contribution < -0.4 is 0 Å². The lowest BCUT2D eigenvalue weighted by molar-refractivity contribution is -0.389. The molecule has 0 amide bonds. The van der Waals surface area contributed by atoms with Gasteiger partial charge in [0.2, 0.25) is 0 Å². The summed E-state index contributed by atoms with van der Waals surface area (Å²) in [4.78, 5) is 13.6. The van der Waals surface area contributed by atoms with Crippen LogP contribution in [0.4, 0.5) is 5.82 Å². The van der Waals surface area contributed by atoms with Crippen LogP contribution in [0.2, 0.25) is 5.28 Å². The molecule has 0 N–H and O–H groups in total. The van der Waals surface area contributed by atoms with Gasteiger partial charge in [-0.3, -0.25) is 4.57 Å². The smallest absolute Gasteiger partial charge is 0.358 e. The summed E-state index contributed by atoms with van der Waals surface area (Å²) in [6, 6.07) is 0. The molecule has 0 bridgehead atoms. The predicted molar refractivity (Wildman–Crippen MR) is 63.4 cm³/mol. The molecule has 7 nitrogen and oxygen atoms in total. The molecule has 0 spiro atoms. The molecular weight excluding hydrogens is 262 g/mol. The molecule has 1 atom stereocenters. The second-order valence-electron chi connectivity index (χ2n) is 4.56. The molecular formula is C10H14ClN3O4. The average Bonchev–Trinajstić information content (AvgIpc) is 2.79. The van der Waals surface area contributed by atoms with E-state index < -0.39 is 10.7 Å². The largest absolute Gasteiger partial charge is 0.383 e. The van der Waals surface area contributed by atoms with Crippen molar-refractivity contribution in [2.24, 2.45) is 0 Å². The van der Waals surface area contributed by atoms with E-state index in [2.05, 4.69) is 4.98 Å². The number of halogens is 1. The molecule has 100 valence electrons. The van der Waals surface area contributed by atoms with Crippen LogP contribution in [-0.2, 0) is 16.0 Å². The maximum atomic E-state index is 10.5. The molecule has 0 aromatic carbocycles. The van der Waals surface area contributed by atoms with Crippen molar-refractivity contribution in [2.75, 3.05) is 6.61 Å². The quantitative estimate of drug-likeness (QED) is 0.620. The van der Waals surface area contributed by atoms with Crippen LogP contribution in [0.25, 0.3) is 0 Å². The van der Waals surface area contributed by atoms with Gasteiger partial charge in [-0.2, -0.15) is 0 Å². The number of imidazole rings is 1. The van der Waals surface area contributed by atoms with Crippen LogP contribution in [-0.4, -0.2) is 33.0 Å². The van der Waals surface area contributed by atoms with Crippen molar-refractivity contribution in [3.8, 4) is 0 Å². The molecule has 0 saturated carbocycles. The molecule has 2 rings (SSSR count). The van der Waals surface area contributed by atoms with Gasteiger partial charge in [0.1, 0.15) is 6.20 Å². The zero-order chi connectivity index (χ0) is 13.3. The highest BCUT2D eigenvalue weighted by Crippen LogP contribution is 2.25. The van der Waals surface area contributed by atoms with Crippen LogP contribution in [0.1, 0.15) is 20.3 Å². The highest BCUT2D eigenvalue weighted by Gasteiger charge is 2.32. The third kappa shape index (κ3) is 2.98. The topological polar surface area (TPSA) is 79.4 Å². The van der Waals surface area contributed by atoms with Crippen molar-refractivity contribution in [2.45, 2.75) is 38.7 Å². The number of rotatable bonds is 4. The van der Waals surface area contributed by atoms with Crippen LogP contribution >= 0.6 is 11.6 Å². The first kappa shape index (κ1) is 13.3. The molecule has 1 aliphatic heterocycles. The summed E-state index contributed by atoms with van der Waals surface area (Å²) >= 11 is 5.81. The summed E-state index contributed by atoms with van der Waals surface area (Å²) in [5, 5.41) is 10.6. The third-order valence-electron chi connectivity index (χ3n) is 2.66. The van der Waals surface area contributed by atoms with E-state index in [1.165, 1.54) is 10.8 Å². The summed E-state index contributed by atoms with van der Waals surface area (Å²) in [6.45, 7) is 4.72. The number of hydrogen-bond acceptors (Lipinski definition) is 5. The Balaban J connectivity index is 1.93. The van der Waals surface area contributed by atoms with Gasteiger partial charge in [-0.25, -0.2) is 0 Å². The van der Waals surface area contributed by atoms with Crippen LogP contribution in [0.3, 0.4) is 0 Å². The van der Waals surface area contributed by atoms with Crippen LogP contribution in [0.5, 0.6) is 0 Å². The standard InChI is InChI=1S/C10H14ClN3O4/c1-10(2)17-6-7(18-10)3-4-13-5-8(14(15)16)12-9(13)11/h5,7H,3-4,6H2,1-2H3/t7-/m1/s1. The van der Waals surface area contributed by atoms with E-state index in [9.17, 15) is 10.1 Å². The van der Waals surface area contributed by atoms with Crippen molar-refractivity contribution in [1.29, 1.82) is 0 Å². The molecule has 0 aliphatic carbocycles. The van der Waals surface area contributed by atoms with Gasteiger partial charge < -0.3 is 19.6 Å². The maximum Gasteiger partial charge on any atom is 0.383 e. The first-order valence-corrected chi connectivity index (χ1v) is 5.94. The molecule has 0 unspecified atom stereocenters. The minimum Gasteiger partial charge on any atom is -0.358 e. The Morgan fingerprint density at radius 1 is 1.72 bits per heavy atom. The van der Waals surface area contributed by atoms with Gasteiger partial charge in [-0.15, -0.1) is 0 Å². The monoisotopic (exact) mass is 275 g/mol. The summed E-state index contributed by atoms with van der Waals surface area (Å²) in [7, 11) is 0. The maximum absolute atomic E-state index is 10.5. The molecule has 2 heterocycles. The molecule has 18 heavy (non-hydrogen) atoms. The van der Waals surface area contributed by atoms with E-state index in [0.29, 0.717) is 19.6 Å². The minimum atomic E-state index is -0.569. The summed E-state index contributed by atoms with van der Waals surface area (Å²) in [5.74, 6) is -0.806. The molecule has 1 aromatic rings. The molecule has 1 aromatic heterocycles. The highest BCUT2D eigenvalue weighted by molar-refractivity contribution is 6.28. The van der Waals surface area contributed by atoms with E-state index in [1.807, 2.05) is 13.8 Å². The minimum absolute atomic E-state index is 0.0301. The van der Waals surface area contributed by atoms with Gasteiger partial charge in [0.05, 0.1) is 12.7 Å². The first-order valence-electron chi connectivity index (χ1n) is 5.56. The average molecular weight is 276 g/mol. The van der Waals surface area contributed by atoms with Crippen molar-refractivity contribution >= 4 is 17.4 Å². The fraction of sp³-hybridized carbons (Fsp3) is 0.700. The van der Waals surface area contributed by atoms with Gasteiger partial charge >= 0.3 is 11.1 Å². The SMILES string of the molecule is CC1(C)OC[C@@H](CCn2cc([N+](=O)[O-])nc2Cl)O1. The van der Waals surface area contributed by atoms with Gasteiger partial charge in [0.15, 0.2) is 5.79 Å². The Labute approximate surface area is 109 Å². The van der Waals surface area contributed by atoms with Gasteiger partial charge in [-0.1, -0.05) is 0 Å². The molecule has 1 fully saturated rings. The summed E-state index contributed by atoms with van der Waals surface area (Å²) in [5.41, 5.74) is 0. The Hall–Kier alpha value is -1.18. The zero-order valence-electron chi connectivity index (χ0n) is 10.1. The third-order valence-corrected chi connectivity index (χ3v) is 2.96. The normalized spacial score (nSPS) is 22.3. The summed E-state index contributed by atoms with van der Waals surface area (Å²) < 4.78 is 12.6. The number of nitrogens with zero attached hydrogens (tertiary/aromatic N) is 3. The fourth-order valence-corrected chi connectivity index (χ4v) is 2.03. The van der Waals surface area contributed by atoms with Gasteiger partial charge in [0, 0.05) is 6.54 Å². The van der Waals surface area contributed by atoms with E-state index in [4.69, 9.17) is 21.1 Å². The van der Waals surface area contributed by atoms with Crippen molar-refractivity contribution < 1.29 is 14.4 Å². The molecule has 8 heteroatoms. The van der Waals surface area contributed by atoms with Crippen molar-refractivity contribution in [1.82, 2.24) is 9.55 Å². The molecule has 1 saturated heterocycles. The van der Waals surface area contributed by atoms with E-state index in [0.717, 1.165) is 0 Å². The second-order valence-corrected chi connectivity index (χ2v) is 4.90. The Morgan fingerprint density at radius 2 is 2.44 bits per heavy atom. The predicted octanol–water partition coefficient (Wildman–Crippen LogP) is 1.99. The lowest BCUT2D eigenvalue weighted by Crippen LogP contribution is -2.22. The van der Waals surface area contributed by atoms with Gasteiger partial charge in [-0.05, 0) is 41.8 Å². The van der Waals surface area contributed by atoms with E-state index in [-0.39, 0.29) is 17.2 Å². The first-order chi connectivity index (χ1) is 8.37. The lowest BCUT2D eigenvalue weighted by Gasteiger charge is -2.16. The molecule has 0 radical (unpaired) electrons. The Morgan fingerprint density at radius 3 is 2.94 bits per heavy atom. The van der Waals surface area contributed by atoms with Gasteiger partial charge in [0.25, 0.3) is 0 Å². The number of aromatic nitrogens is 2. The van der Waals surface area contributed by atoms with E-state index >= 15 is 0 Å². The number of aryl methyl sites for hydroxylation is 1. The van der Waals surface area contributed by atoms with Crippen molar-refractivity contribution in [3.05, 3.63) is 21.6 Å². The highest BCUT2D eigenvalue weighted by atomic mass is 35.5. The molecule has 1 aliphatic rings.